The van der Waals surface area contributed by atoms with Gasteiger partial charge in [0.1, 0.15) is 24.3 Å². The molecule has 4 rings (SSSR count). The normalized spacial score (nSPS) is 16.5. The summed E-state index contributed by atoms with van der Waals surface area (Å²) in [6.45, 7) is 2.21. The third kappa shape index (κ3) is 4.11. The van der Waals surface area contributed by atoms with E-state index in [0.717, 1.165) is 35.4 Å². The Labute approximate surface area is 158 Å². The summed E-state index contributed by atoms with van der Waals surface area (Å²) in [5.74, 6) is 1.60. The van der Waals surface area contributed by atoms with E-state index in [1.54, 1.807) is 0 Å². The third-order valence-electron chi connectivity index (χ3n) is 4.70. The largest absolute Gasteiger partial charge is 0.492 e. The SMILES string of the molecule is O=C(NCc1nc2ccccc2n1CCOc1ccccc1)C1CCCO1. The van der Waals surface area contributed by atoms with Gasteiger partial charge in [0.2, 0.25) is 5.91 Å². The minimum absolute atomic E-state index is 0.0633. The molecule has 1 saturated heterocycles. The summed E-state index contributed by atoms with van der Waals surface area (Å²) in [7, 11) is 0. The predicted octanol–water partition coefficient (Wildman–Crippen LogP) is 2.91. The van der Waals surface area contributed by atoms with Crippen molar-refractivity contribution in [3.63, 3.8) is 0 Å². The lowest BCUT2D eigenvalue weighted by Gasteiger charge is -2.13. The second kappa shape index (κ2) is 8.22. The number of nitrogens with zero attached hydrogens (tertiary/aromatic N) is 2. The van der Waals surface area contributed by atoms with E-state index in [1.165, 1.54) is 0 Å². The highest BCUT2D eigenvalue weighted by molar-refractivity contribution is 5.81. The molecule has 1 fully saturated rings. The summed E-state index contributed by atoms with van der Waals surface area (Å²) in [6, 6.07) is 17.7. The number of ether oxygens (including phenoxy) is 2. The van der Waals surface area contributed by atoms with E-state index in [2.05, 4.69) is 14.9 Å². The Morgan fingerprint density at radius 3 is 2.81 bits per heavy atom. The van der Waals surface area contributed by atoms with Crippen molar-refractivity contribution in [2.45, 2.75) is 32.0 Å². The van der Waals surface area contributed by atoms with Crippen LogP contribution in [0.25, 0.3) is 11.0 Å². The zero-order chi connectivity index (χ0) is 18.5. The first-order valence-corrected chi connectivity index (χ1v) is 9.32. The van der Waals surface area contributed by atoms with Gasteiger partial charge in [0.15, 0.2) is 0 Å². The molecule has 0 saturated carbocycles. The fourth-order valence-electron chi connectivity index (χ4n) is 3.35. The number of carbonyl (C=O) groups is 1. The molecule has 1 N–H and O–H groups in total. The lowest BCUT2D eigenvalue weighted by molar-refractivity contribution is -0.130. The van der Waals surface area contributed by atoms with Crippen LogP contribution >= 0.6 is 0 Å². The lowest BCUT2D eigenvalue weighted by atomic mass is 10.2. The molecule has 1 amide bonds. The van der Waals surface area contributed by atoms with E-state index in [9.17, 15) is 4.79 Å². The van der Waals surface area contributed by atoms with Crippen molar-refractivity contribution in [3.8, 4) is 5.75 Å². The molecular weight excluding hydrogens is 342 g/mol. The molecule has 2 aromatic carbocycles. The maximum atomic E-state index is 12.2. The maximum Gasteiger partial charge on any atom is 0.249 e. The zero-order valence-corrected chi connectivity index (χ0v) is 15.1. The van der Waals surface area contributed by atoms with Crippen molar-refractivity contribution in [2.24, 2.45) is 0 Å². The topological polar surface area (TPSA) is 65.4 Å². The number of nitrogens with one attached hydrogen (secondary N) is 1. The number of para-hydroxylation sites is 3. The minimum atomic E-state index is -0.329. The molecular formula is C21H23N3O3. The molecule has 3 aromatic rings. The number of amides is 1. The number of imidazole rings is 1. The van der Waals surface area contributed by atoms with E-state index < -0.39 is 0 Å². The monoisotopic (exact) mass is 365 g/mol. The Balaban J connectivity index is 1.46. The number of carbonyl (C=O) groups excluding carboxylic acids is 1. The van der Waals surface area contributed by atoms with Gasteiger partial charge in [-0.1, -0.05) is 30.3 Å². The summed E-state index contributed by atoms with van der Waals surface area (Å²) in [5.41, 5.74) is 1.95. The highest BCUT2D eigenvalue weighted by atomic mass is 16.5. The Morgan fingerprint density at radius 2 is 2.00 bits per heavy atom. The van der Waals surface area contributed by atoms with Crippen LogP contribution in [0.5, 0.6) is 5.75 Å². The van der Waals surface area contributed by atoms with Gasteiger partial charge in [-0.15, -0.1) is 0 Å². The summed E-state index contributed by atoms with van der Waals surface area (Å²) in [4.78, 5) is 16.9. The highest BCUT2D eigenvalue weighted by Crippen LogP contribution is 2.17. The van der Waals surface area contributed by atoms with Gasteiger partial charge in [0, 0.05) is 6.61 Å². The third-order valence-corrected chi connectivity index (χ3v) is 4.70. The Hall–Kier alpha value is -2.86. The van der Waals surface area contributed by atoms with Crippen LogP contribution in [-0.4, -0.2) is 34.8 Å². The van der Waals surface area contributed by atoms with E-state index in [1.807, 2.05) is 54.6 Å². The van der Waals surface area contributed by atoms with Gasteiger partial charge >= 0.3 is 0 Å². The van der Waals surface area contributed by atoms with E-state index in [0.29, 0.717) is 26.3 Å². The van der Waals surface area contributed by atoms with Crippen LogP contribution in [-0.2, 0) is 22.6 Å². The van der Waals surface area contributed by atoms with Crippen molar-refractivity contribution in [2.75, 3.05) is 13.2 Å². The molecule has 140 valence electrons. The first kappa shape index (κ1) is 17.5. The molecule has 0 spiro atoms. The van der Waals surface area contributed by atoms with Crippen LogP contribution in [0.15, 0.2) is 54.6 Å². The molecule has 1 aliphatic rings. The fraction of sp³-hybridized carbons (Fsp3) is 0.333. The number of fused-ring (bicyclic) bond motifs is 1. The fourth-order valence-corrected chi connectivity index (χ4v) is 3.35. The Morgan fingerprint density at radius 1 is 1.19 bits per heavy atom. The van der Waals surface area contributed by atoms with Gasteiger partial charge in [0.25, 0.3) is 0 Å². The highest BCUT2D eigenvalue weighted by Gasteiger charge is 2.23. The molecule has 1 aromatic heterocycles. The maximum absolute atomic E-state index is 12.2. The molecule has 0 bridgehead atoms. The molecule has 0 aliphatic carbocycles. The second-order valence-corrected chi connectivity index (χ2v) is 6.55. The molecule has 27 heavy (non-hydrogen) atoms. The molecule has 0 radical (unpaired) electrons. The van der Waals surface area contributed by atoms with Crippen LogP contribution in [0, 0.1) is 0 Å². The van der Waals surface area contributed by atoms with Crippen LogP contribution < -0.4 is 10.1 Å². The van der Waals surface area contributed by atoms with Gasteiger partial charge < -0.3 is 19.4 Å². The average molecular weight is 365 g/mol. The summed E-state index contributed by atoms with van der Waals surface area (Å²) < 4.78 is 13.4. The van der Waals surface area contributed by atoms with E-state index >= 15 is 0 Å². The van der Waals surface area contributed by atoms with Gasteiger partial charge in [-0.25, -0.2) is 4.98 Å². The lowest BCUT2D eigenvalue weighted by Crippen LogP contribution is -2.34. The Kier molecular flexibility index (Phi) is 5.34. The van der Waals surface area contributed by atoms with E-state index in [-0.39, 0.29) is 12.0 Å². The van der Waals surface area contributed by atoms with Crippen molar-refractivity contribution in [1.29, 1.82) is 0 Å². The van der Waals surface area contributed by atoms with Crippen LogP contribution in [0.2, 0.25) is 0 Å². The van der Waals surface area contributed by atoms with Crippen molar-refractivity contribution < 1.29 is 14.3 Å². The molecule has 1 atom stereocenters. The molecule has 6 heteroatoms. The summed E-state index contributed by atoms with van der Waals surface area (Å²) in [5, 5.41) is 2.96. The van der Waals surface area contributed by atoms with Crippen LogP contribution in [0.3, 0.4) is 0 Å². The number of aromatic nitrogens is 2. The first-order valence-electron chi connectivity index (χ1n) is 9.32. The van der Waals surface area contributed by atoms with Crippen molar-refractivity contribution in [3.05, 3.63) is 60.4 Å². The Bertz CT molecular complexity index is 901. The standard InChI is InChI=1S/C21H23N3O3/c25-21(19-11-6-13-27-19)22-15-20-23-17-9-4-5-10-18(17)24(20)12-14-26-16-7-2-1-3-8-16/h1-5,7-10,19H,6,11-15H2,(H,22,25). The molecule has 6 nitrogen and oxygen atoms in total. The van der Waals surface area contributed by atoms with Gasteiger partial charge in [-0.2, -0.15) is 0 Å². The predicted molar refractivity (Wildman–Crippen MR) is 102 cm³/mol. The molecule has 2 heterocycles. The summed E-state index contributed by atoms with van der Waals surface area (Å²) in [6.07, 6.45) is 1.39. The summed E-state index contributed by atoms with van der Waals surface area (Å²) >= 11 is 0. The van der Waals surface area contributed by atoms with Gasteiger partial charge in [-0.3, -0.25) is 4.79 Å². The first-order chi connectivity index (χ1) is 13.3. The van der Waals surface area contributed by atoms with Gasteiger partial charge in [0.05, 0.1) is 24.1 Å². The van der Waals surface area contributed by atoms with Crippen molar-refractivity contribution in [1.82, 2.24) is 14.9 Å². The zero-order valence-electron chi connectivity index (χ0n) is 15.1. The quantitative estimate of drug-likeness (QED) is 0.699. The van der Waals surface area contributed by atoms with Crippen LogP contribution in [0.4, 0.5) is 0 Å². The molecule has 1 aliphatic heterocycles. The van der Waals surface area contributed by atoms with E-state index in [4.69, 9.17) is 9.47 Å². The smallest absolute Gasteiger partial charge is 0.249 e. The van der Waals surface area contributed by atoms with Crippen molar-refractivity contribution >= 4 is 16.9 Å². The van der Waals surface area contributed by atoms with Crippen LogP contribution in [0.1, 0.15) is 18.7 Å². The number of hydrogen-bond donors (Lipinski definition) is 1. The second-order valence-electron chi connectivity index (χ2n) is 6.55. The molecule has 1 unspecified atom stereocenters. The average Bonchev–Trinajstić information content (AvgIpc) is 3.36. The number of benzene rings is 2. The number of hydrogen-bond acceptors (Lipinski definition) is 4. The number of rotatable bonds is 7. The minimum Gasteiger partial charge on any atom is -0.492 e. The van der Waals surface area contributed by atoms with Gasteiger partial charge in [-0.05, 0) is 37.1 Å².